The van der Waals surface area contributed by atoms with E-state index in [4.69, 9.17) is 0 Å². The van der Waals surface area contributed by atoms with Gasteiger partial charge in [0.15, 0.2) is 0 Å². The van der Waals surface area contributed by atoms with Crippen LogP contribution in [0.4, 0.5) is 5.69 Å². The Morgan fingerprint density at radius 1 is 0.792 bits per heavy atom. The van der Waals surface area contributed by atoms with Gasteiger partial charge in [0.2, 0.25) is 5.91 Å². The van der Waals surface area contributed by atoms with Gasteiger partial charge in [-0.15, -0.1) is 0 Å². The molecule has 1 amide bonds. The molecule has 3 heteroatoms. The number of carbonyl (C=O) groups is 1. The standard InChI is InChI=1S/C21H17NO2/c1-22-19-10-6-5-9-18(19)21(20(22)24,15-7-3-2-4-8-15)16-11-13-17(23)14-12-16/h2-14,23H,1H3. The minimum Gasteiger partial charge on any atom is -0.508 e. The van der Waals surface area contributed by atoms with Crippen molar-refractivity contribution in [1.29, 1.82) is 0 Å². The highest BCUT2D eigenvalue weighted by Gasteiger charge is 2.52. The van der Waals surface area contributed by atoms with Gasteiger partial charge in [-0.3, -0.25) is 4.79 Å². The summed E-state index contributed by atoms with van der Waals surface area (Å²) in [7, 11) is 1.81. The molecule has 24 heavy (non-hydrogen) atoms. The maximum absolute atomic E-state index is 13.4. The van der Waals surface area contributed by atoms with Crippen molar-refractivity contribution >= 4 is 11.6 Å². The highest BCUT2D eigenvalue weighted by molar-refractivity contribution is 6.12. The van der Waals surface area contributed by atoms with E-state index < -0.39 is 5.41 Å². The average molecular weight is 315 g/mol. The average Bonchev–Trinajstić information content (AvgIpc) is 2.86. The molecule has 0 aromatic heterocycles. The molecule has 1 aliphatic heterocycles. The van der Waals surface area contributed by atoms with Gasteiger partial charge in [-0.25, -0.2) is 0 Å². The van der Waals surface area contributed by atoms with E-state index in [1.54, 1.807) is 17.0 Å². The molecule has 0 saturated carbocycles. The Morgan fingerprint density at radius 3 is 2.08 bits per heavy atom. The lowest BCUT2D eigenvalue weighted by atomic mass is 9.70. The topological polar surface area (TPSA) is 40.5 Å². The first-order valence-electron chi connectivity index (χ1n) is 7.88. The molecule has 3 nitrogen and oxygen atoms in total. The number of carbonyl (C=O) groups excluding carboxylic acids is 1. The minimum atomic E-state index is -0.889. The maximum Gasteiger partial charge on any atom is 0.246 e. The lowest BCUT2D eigenvalue weighted by molar-refractivity contribution is -0.120. The third kappa shape index (κ3) is 1.81. The van der Waals surface area contributed by atoms with Crippen LogP contribution < -0.4 is 4.90 Å². The lowest BCUT2D eigenvalue weighted by Gasteiger charge is -2.29. The third-order valence-electron chi connectivity index (χ3n) is 4.80. The first-order valence-corrected chi connectivity index (χ1v) is 7.88. The molecule has 1 heterocycles. The number of fused-ring (bicyclic) bond motifs is 1. The van der Waals surface area contributed by atoms with Crippen molar-refractivity contribution < 1.29 is 9.90 Å². The molecule has 118 valence electrons. The second kappa shape index (κ2) is 5.24. The number of anilines is 1. The Balaban J connectivity index is 2.10. The number of benzene rings is 3. The zero-order valence-electron chi connectivity index (χ0n) is 13.3. The van der Waals surface area contributed by atoms with E-state index in [-0.39, 0.29) is 11.7 Å². The second-order valence-corrected chi connectivity index (χ2v) is 6.04. The van der Waals surface area contributed by atoms with Gasteiger partial charge < -0.3 is 10.0 Å². The molecule has 3 aromatic carbocycles. The molecule has 0 fully saturated rings. The van der Waals surface area contributed by atoms with E-state index >= 15 is 0 Å². The predicted molar refractivity (Wildman–Crippen MR) is 94.3 cm³/mol. The quantitative estimate of drug-likeness (QED) is 0.783. The number of para-hydroxylation sites is 1. The molecular weight excluding hydrogens is 298 g/mol. The van der Waals surface area contributed by atoms with Crippen LogP contribution in [-0.2, 0) is 10.2 Å². The van der Waals surface area contributed by atoms with Crippen molar-refractivity contribution in [3.63, 3.8) is 0 Å². The fourth-order valence-corrected chi connectivity index (χ4v) is 3.68. The van der Waals surface area contributed by atoms with Gasteiger partial charge in [-0.1, -0.05) is 60.7 Å². The Labute approximate surface area is 140 Å². The van der Waals surface area contributed by atoms with Gasteiger partial charge in [0.1, 0.15) is 11.2 Å². The van der Waals surface area contributed by atoms with Gasteiger partial charge in [0.25, 0.3) is 0 Å². The van der Waals surface area contributed by atoms with Crippen molar-refractivity contribution in [2.24, 2.45) is 0 Å². The largest absolute Gasteiger partial charge is 0.508 e. The highest BCUT2D eigenvalue weighted by atomic mass is 16.3. The smallest absolute Gasteiger partial charge is 0.246 e. The van der Waals surface area contributed by atoms with Crippen molar-refractivity contribution in [2.45, 2.75) is 5.41 Å². The number of hydrogen-bond donors (Lipinski definition) is 1. The molecule has 3 aromatic rings. The molecule has 1 aliphatic rings. The van der Waals surface area contributed by atoms with Gasteiger partial charge in [0.05, 0.1) is 0 Å². The summed E-state index contributed by atoms with van der Waals surface area (Å²) in [6.07, 6.45) is 0. The summed E-state index contributed by atoms with van der Waals surface area (Å²) in [5.41, 5.74) is 2.78. The van der Waals surface area contributed by atoms with Crippen molar-refractivity contribution in [2.75, 3.05) is 11.9 Å². The molecule has 0 bridgehead atoms. The lowest BCUT2D eigenvalue weighted by Crippen LogP contribution is -2.40. The monoisotopic (exact) mass is 315 g/mol. The summed E-state index contributed by atoms with van der Waals surface area (Å²) in [4.78, 5) is 15.2. The Morgan fingerprint density at radius 2 is 1.38 bits per heavy atom. The number of nitrogens with zero attached hydrogens (tertiary/aromatic N) is 1. The van der Waals surface area contributed by atoms with Crippen LogP contribution in [0.15, 0.2) is 78.9 Å². The van der Waals surface area contributed by atoms with Crippen LogP contribution in [0, 0.1) is 0 Å². The number of rotatable bonds is 2. The molecule has 0 saturated heterocycles. The van der Waals surface area contributed by atoms with Gasteiger partial charge in [-0.05, 0) is 29.3 Å². The van der Waals surface area contributed by atoms with Gasteiger partial charge >= 0.3 is 0 Å². The molecular formula is C21H17NO2. The number of amides is 1. The van der Waals surface area contributed by atoms with Crippen LogP contribution in [0.5, 0.6) is 5.75 Å². The van der Waals surface area contributed by atoms with E-state index in [0.29, 0.717) is 0 Å². The summed E-state index contributed by atoms with van der Waals surface area (Å²) < 4.78 is 0. The van der Waals surface area contributed by atoms with Crippen LogP contribution in [0.3, 0.4) is 0 Å². The molecule has 1 atom stereocenters. The maximum atomic E-state index is 13.4. The van der Waals surface area contributed by atoms with E-state index in [2.05, 4.69) is 0 Å². The zero-order valence-corrected chi connectivity index (χ0v) is 13.3. The van der Waals surface area contributed by atoms with Gasteiger partial charge in [0, 0.05) is 18.3 Å². The first-order chi connectivity index (χ1) is 11.7. The van der Waals surface area contributed by atoms with E-state index in [9.17, 15) is 9.90 Å². The Kier molecular flexibility index (Phi) is 3.17. The number of phenolic OH excluding ortho intramolecular Hbond substituents is 1. The number of likely N-dealkylation sites (N-methyl/N-ethyl adjacent to an activating group) is 1. The van der Waals surface area contributed by atoms with Crippen LogP contribution in [-0.4, -0.2) is 18.1 Å². The zero-order chi connectivity index (χ0) is 16.7. The Bertz CT molecular complexity index is 903. The summed E-state index contributed by atoms with van der Waals surface area (Å²) >= 11 is 0. The van der Waals surface area contributed by atoms with E-state index in [1.807, 2.05) is 73.8 Å². The summed E-state index contributed by atoms with van der Waals surface area (Å²) in [5.74, 6) is 0.203. The van der Waals surface area contributed by atoms with Crippen molar-refractivity contribution in [3.05, 3.63) is 95.6 Å². The second-order valence-electron chi connectivity index (χ2n) is 6.04. The predicted octanol–water partition coefficient (Wildman–Crippen LogP) is 3.70. The number of phenols is 1. The highest BCUT2D eigenvalue weighted by Crippen LogP contribution is 2.49. The molecule has 0 radical (unpaired) electrons. The third-order valence-corrected chi connectivity index (χ3v) is 4.80. The van der Waals surface area contributed by atoms with Crippen molar-refractivity contribution in [1.82, 2.24) is 0 Å². The minimum absolute atomic E-state index is 0.0144. The van der Waals surface area contributed by atoms with Crippen LogP contribution in [0.25, 0.3) is 0 Å². The number of hydrogen-bond acceptors (Lipinski definition) is 2. The summed E-state index contributed by atoms with van der Waals surface area (Å²) in [6, 6.07) is 24.6. The van der Waals surface area contributed by atoms with E-state index in [0.717, 1.165) is 22.4 Å². The van der Waals surface area contributed by atoms with Crippen LogP contribution in [0.1, 0.15) is 16.7 Å². The fraction of sp³-hybridized carbons (Fsp3) is 0.0952. The molecule has 0 aliphatic carbocycles. The van der Waals surface area contributed by atoms with Crippen LogP contribution in [0.2, 0.25) is 0 Å². The SMILES string of the molecule is CN1C(=O)C(c2ccccc2)(c2ccc(O)cc2)c2ccccc21. The Hall–Kier alpha value is -3.07. The molecule has 1 unspecified atom stereocenters. The summed E-state index contributed by atoms with van der Waals surface area (Å²) in [5, 5.41) is 9.67. The molecule has 1 N–H and O–H groups in total. The molecule has 0 spiro atoms. The normalized spacial score (nSPS) is 19.4. The van der Waals surface area contributed by atoms with Crippen molar-refractivity contribution in [3.8, 4) is 5.75 Å². The van der Waals surface area contributed by atoms with Crippen LogP contribution >= 0.6 is 0 Å². The van der Waals surface area contributed by atoms with E-state index in [1.165, 1.54) is 0 Å². The fourth-order valence-electron chi connectivity index (χ4n) is 3.68. The van der Waals surface area contributed by atoms with Gasteiger partial charge in [-0.2, -0.15) is 0 Å². The molecule has 4 rings (SSSR count). The number of aromatic hydroxyl groups is 1. The summed E-state index contributed by atoms with van der Waals surface area (Å²) in [6.45, 7) is 0. The first kappa shape index (κ1) is 14.5.